The SMILES string of the molecule is Cc1sc(C(=O)O)cc1Cn1cc(Br)cc([N+](=O)[O-])c1=O. The molecule has 21 heavy (non-hydrogen) atoms. The molecule has 0 atom stereocenters. The highest BCUT2D eigenvalue weighted by Gasteiger charge is 2.18. The summed E-state index contributed by atoms with van der Waals surface area (Å²) < 4.78 is 1.59. The fraction of sp³-hybridized carbons (Fsp3) is 0.167. The smallest absolute Gasteiger partial charge is 0.345 e. The van der Waals surface area contributed by atoms with Crippen LogP contribution < -0.4 is 5.56 Å². The number of thiophene rings is 1. The van der Waals surface area contributed by atoms with Gasteiger partial charge < -0.3 is 9.67 Å². The van der Waals surface area contributed by atoms with E-state index in [1.165, 1.54) is 16.8 Å². The van der Waals surface area contributed by atoms with Crippen molar-refractivity contribution in [1.29, 1.82) is 0 Å². The highest BCUT2D eigenvalue weighted by Crippen LogP contribution is 2.23. The average molecular weight is 373 g/mol. The van der Waals surface area contributed by atoms with Gasteiger partial charge in [-0.25, -0.2) is 4.79 Å². The zero-order valence-electron chi connectivity index (χ0n) is 10.7. The van der Waals surface area contributed by atoms with E-state index in [1.807, 2.05) is 0 Å². The molecule has 0 spiro atoms. The third-order valence-electron chi connectivity index (χ3n) is 2.80. The van der Waals surface area contributed by atoms with Crippen LogP contribution in [0, 0.1) is 17.0 Å². The molecule has 0 bridgehead atoms. The molecule has 0 radical (unpaired) electrons. The highest BCUT2D eigenvalue weighted by molar-refractivity contribution is 9.10. The van der Waals surface area contributed by atoms with Gasteiger partial charge in [0.25, 0.3) is 0 Å². The number of carboxylic acid groups (broad SMARTS) is 1. The van der Waals surface area contributed by atoms with Crippen LogP contribution in [0.5, 0.6) is 0 Å². The van der Waals surface area contributed by atoms with E-state index in [0.29, 0.717) is 10.0 Å². The molecule has 2 rings (SSSR count). The van der Waals surface area contributed by atoms with Gasteiger partial charge in [-0.3, -0.25) is 14.9 Å². The molecule has 0 aliphatic heterocycles. The molecule has 0 aliphatic carbocycles. The molecule has 0 aromatic carbocycles. The van der Waals surface area contributed by atoms with Gasteiger partial charge in [0.15, 0.2) is 0 Å². The number of halogens is 1. The molecule has 0 unspecified atom stereocenters. The lowest BCUT2D eigenvalue weighted by atomic mass is 10.2. The highest BCUT2D eigenvalue weighted by atomic mass is 79.9. The number of aromatic nitrogens is 1. The van der Waals surface area contributed by atoms with Gasteiger partial charge in [0, 0.05) is 21.6 Å². The van der Waals surface area contributed by atoms with Gasteiger partial charge in [0.1, 0.15) is 4.88 Å². The number of nitrogens with zero attached hydrogens (tertiary/aromatic N) is 2. The molecule has 0 amide bonds. The monoisotopic (exact) mass is 372 g/mol. The second-order valence-electron chi connectivity index (χ2n) is 4.23. The molecule has 2 aromatic heterocycles. The van der Waals surface area contributed by atoms with Gasteiger partial charge in [-0.1, -0.05) is 0 Å². The van der Waals surface area contributed by atoms with Crippen LogP contribution in [0.15, 0.2) is 27.6 Å². The summed E-state index contributed by atoms with van der Waals surface area (Å²) in [5.41, 5.74) is -0.617. The number of carbonyl (C=O) groups is 1. The number of hydrogen-bond donors (Lipinski definition) is 1. The van der Waals surface area contributed by atoms with Crippen LogP contribution in [-0.4, -0.2) is 20.6 Å². The Hall–Kier alpha value is -2.00. The van der Waals surface area contributed by atoms with Crippen molar-refractivity contribution >= 4 is 38.9 Å². The standard InChI is InChI=1S/C12H9BrN2O5S/c1-6-7(2-10(21-6)12(17)18)4-14-5-8(13)3-9(11(14)16)15(19)20/h2-3,5H,4H2,1H3,(H,17,18). The lowest BCUT2D eigenvalue weighted by molar-refractivity contribution is -0.386. The molecule has 0 fully saturated rings. The Bertz CT molecular complexity index is 795. The summed E-state index contributed by atoms with van der Waals surface area (Å²) in [6, 6.07) is 2.61. The van der Waals surface area contributed by atoms with Crippen molar-refractivity contribution in [2.24, 2.45) is 0 Å². The van der Waals surface area contributed by atoms with Crippen LogP contribution >= 0.6 is 27.3 Å². The summed E-state index contributed by atoms with van der Waals surface area (Å²) in [7, 11) is 0. The third-order valence-corrected chi connectivity index (χ3v) is 4.32. The number of rotatable bonds is 4. The fourth-order valence-corrected chi connectivity index (χ4v) is 3.14. The Morgan fingerprint density at radius 2 is 2.19 bits per heavy atom. The molecular weight excluding hydrogens is 364 g/mol. The average Bonchev–Trinajstić information content (AvgIpc) is 2.75. The molecule has 7 nitrogen and oxygen atoms in total. The van der Waals surface area contributed by atoms with Crippen LogP contribution in [0.2, 0.25) is 0 Å². The Morgan fingerprint density at radius 1 is 1.52 bits per heavy atom. The first-order valence-electron chi connectivity index (χ1n) is 5.66. The van der Waals surface area contributed by atoms with Crippen LogP contribution in [0.1, 0.15) is 20.1 Å². The molecule has 2 heterocycles. The van der Waals surface area contributed by atoms with E-state index < -0.39 is 22.1 Å². The maximum Gasteiger partial charge on any atom is 0.345 e. The van der Waals surface area contributed by atoms with E-state index in [4.69, 9.17) is 5.11 Å². The van der Waals surface area contributed by atoms with Gasteiger partial charge >= 0.3 is 17.2 Å². The van der Waals surface area contributed by atoms with Gasteiger partial charge in [0.05, 0.1) is 11.5 Å². The molecule has 2 aromatic rings. The van der Waals surface area contributed by atoms with Crippen molar-refractivity contribution in [3.63, 3.8) is 0 Å². The minimum atomic E-state index is -1.04. The first-order chi connectivity index (χ1) is 9.79. The summed E-state index contributed by atoms with van der Waals surface area (Å²) in [5, 5.41) is 19.8. The predicted octanol–water partition coefficient (Wildman–Crippen LogP) is 2.64. The third kappa shape index (κ3) is 3.19. The largest absolute Gasteiger partial charge is 0.477 e. The molecule has 110 valence electrons. The number of pyridine rings is 1. The minimum Gasteiger partial charge on any atom is -0.477 e. The zero-order chi connectivity index (χ0) is 15.7. The molecule has 0 saturated carbocycles. The van der Waals surface area contributed by atoms with Crippen LogP contribution in [0.3, 0.4) is 0 Å². The van der Waals surface area contributed by atoms with Crippen LogP contribution in [-0.2, 0) is 6.54 Å². The van der Waals surface area contributed by atoms with Gasteiger partial charge in [0.2, 0.25) is 0 Å². The summed E-state index contributed by atoms with van der Waals surface area (Å²) in [5.74, 6) is -1.04. The fourth-order valence-electron chi connectivity index (χ4n) is 1.80. The van der Waals surface area contributed by atoms with Crippen molar-refractivity contribution in [1.82, 2.24) is 4.57 Å². The Labute approximate surface area is 130 Å². The molecule has 1 N–H and O–H groups in total. The summed E-state index contributed by atoms with van der Waals surface area (Å²) in [6.07, 6.45) is 1.44. The van der Waals surface area contributed by atoms with E-state index in [0.717, 1.165) is 22.3 Å². The van der Waals surface area contributed by atoms with Crippen molar-refractivity contribution in [3.05, 3.63) is 58.6 Å². The van der Waals surface area contributed by atoms with Crippen molar-refractivity contribution < 1.29 is 14.8 Å². The first kappa shape index (κ1) is 15.4. The summed E-state index contributed by atoms with van der Waals surface area (Å²) in [6.45, 7) is 1.82. The quantitative estimate of drug-likeness (QED) is 0.656. The Balaban J connectivity index is 2.47. The zero-order valence-corrected chi connectivity index (χ0v) is 13.1. The summed E-state index contributed by atoms with van der Waals surface area (Å²) >= 11 is 4.22. The van der Waals surface area contributed by atoms with Crippen molar-refractivity contribution in [2.75, 3.05) is 0 Å². The predicted molar refractivity (Wildman–Crippen MR) is 80.2 cm³/mol. The maximum atomic E-state index is 12.0. The molecular formula is C12H9BrN2O5S. The lowest BCUT2D eigenvalue weighted by Crippen LogP contribution is -2.22. The second kappa shape index (κ2) is 5.78. The van der Waals surface area contributed by atoms with Crippen LogP contribution in [0.4, 0.5) is 5.69 Å². The number of aryl methyl sites for hydroxylation is 1. The first-order valence-corrected chi connectivity index (χ1v) is 7.27. The van der Waals surface area contributed by atoms with E-state index in [9.17, 15) is 19.7 Å². The van der Waals surface area contributed by atoms with Crippen molar-refractivity contribution in [3.8, 4) is 0 Å². The number of hydrogen-bond acceptors (Lipinski definition) is 5. The van der Waals surface area contributed by atoms with E-state index in [1.54, 1.807) is 6.92 Å². The lowest BCUT2D eigenvalue weighted by Gasteiger charge is -2.06. The second-order valence-corrected chi connectivity index (χ2v) is 6.40. The van der Waals surface area contributed by atoms with E-state index in [2.05, 4.69) is 15.9 Å². The molecule has 0 saturated heterocycles. The van der Waals surface area contributed by atoms with E-state index in [-0.39, 0.29) is 11.4 Å². The normalized spacial score (nSPS) is 10.6. The van der Waals surface area contributed by atoms with Gasteiger partial charge in [-0.15, -0.1) is 11.3 Å². The molecule has 9 heteroatoms. The maximum absolute atomic E-state index is 12.0. The molecule has 0 aliphatic rings. The van der Waals surface area contributed by atoms with Crippen molar-refractivity contribution in [2.45, 2.75) is 13.5 Å². The minimum absolute atomic E-state index is 0.0781. The Morgan fingerprint density at radius 3 is 2.71 bits per heavy atom. The Kier molecular flexibility index (Phi) is 4.24. The topological polar surface area (TPSA) is 102 Å². The van der Waals surface area contributed by atoms with Gasteiger partial charge in [-0.2, -0.15) is 0 Å². The number of aromatic carboxylic acids is 1. The number of carboxylic acids is 1. The van der Waals surface area contributed by atoms with E-state index >= 15 is 0 Å². The van der Waals surface area contributed by atoms with Gasteiger partial charge in [-0.05, 0) is 34.5 Å². The number of nitro groups is 1. The summed E-state index contributed by atoms with van der Waals surface area (Å²) in [4.78, 5) is 33.9. The van der Waals surface area contributed by atoms with Crippen LogP contribution in [0.25, 0.3) is 0 Å².